The quantitative estimate of drug-likeness (QED) is 0.280. The van der Waals surface area contributed by atoms with Crippen LogP contribution in [-0.4, -0.2) is 22.6 Å². The first-order chi connectivity index (χ1) is 4.81. The minimum absolute atomic E-state index is 0. The van der Waals surface area contributed by atoms with Gasteiger partial charge in [0.15, 0.2) is 0 Å². The average molecular weight is 208 g/mol. The van der Waals surface area contributed by atoms with Gasteiger partial charge in [-0.2, -0.15) is 0 Å². The number of ether oxygens (including phenoxy) is 1. The third kappa shape index (κ3) is 15.9. The van der Waals surface area contributed by atoms with Gasteiger partial charge in [0, 0.05) is 0 Å². The van der Waals surface area contributed by atoms with Gasteiger partial charge in [-0.15, -0.1) is 0 Å². The summed E-state index contributed by atoms with van der Waals surface area (Å²) < 4.78 is 4.73. The molecule has 0 bridgehead atoms. The molecule has 6 heteroatoms. The number of hydrogen-bond acceptors (Lipinski definition) is 3. The first-order valence-electron chi connectivity index (χ1n) is 3.25. The fourth-order valence-electron chi connectivity index (χ4n) is 0.501. The van der Waals surface area contributed by atoms with Gasteiger partial charge in [0.2, 0.25) is 0 Å². The van der Waals surface area contributed by atoms with Gasteiger partial charge in [0.25, 0.3) is 0 Å². The predicted octanol–water partition coefficient (Wildman–Crippen LogP) is -4.96. The Hall–Kier alpha value is 1.17. The molecule has 0 aromatic rings. The van der Waals surface area contributed by atoms with E-state index in [1.165, 1.54) is 0 Å². The van der Waals surface area contributed by atoms with Gasteiger partial charge in [-0.1, -0.05) is 0 Å². The molecule has 4 nitrogen and oxygen atoms in total. The number of carbonyl (C=O) groups is 2. The van der Waals surface area contributed by atoms with Crippen molar-refractivity contribution in [1.29, 1.82) is 0 Å². The van der Waals surface area contributed by atoms with Crippen molar-refractivity contribution in [3.63, 3.8) is 0 Å². The van der Waals surface area contributed by atoms with Crippen molar-refractivity contribution >= 4 is 11.9 Å². The standard InChI is InChI=1S/C7H12O4.K.Li.2H/c1-7(2,3)11-6(10)4-5(8)9;;;;/h4H2,1-3H3,(H,8,9);;;;/q;2*+1;2*-1. The minimum Gasteiger partial charge on any atom is -1.00 e. The molecule has 0 aliphatic carbocycles. The zero-order chi connectivity index (χ0) is 9.07. The third-order valence-electron chi connectivity index (χ3n) is 0.716. The molecule has 0 saturated carbocycles. The summed E-state index contributed by atoms with van der Waals surface area (Å²) in [5.74, 6) is -1.87. The van der Waals surface area contributed by atoms with Crippen LogP contribution in [0.4, 0.5) is 0 Å². The summed E-state index contributed by atoms with van der Waals surface area (Å²) in [7, 11) is 0. The zero-order valence-electron chi connectivity index (χ0n) is 10.9. The number of aliphatic carboxylic acids is 1. The van der Waals surface area contributed by atoms with Gasteiger partial charge in [0.1, 0.15) is 12.0 Å². The first-order valence-corrected chi connectivity index (χ1v) is 3.25. The summed E-state index contributed by atoms with van der Waals surface area (Å²) in [5, 5.41) is 8.18. The van der Waals surface area contributed by atoms with Crippen LogP contribution in [0, 0.1) is 0 Å². The van der Waals surface area contributed by atoms with E-state index in [2.05, 4.69) is 0 Å². The minimum atomic E-state index is -1.17. The maximum Gasteiger partial charge on any atom is 1.00 e. The molecule has 1 N–H and O–H groups in total. The molecule has 13 heavy (non-hydrogen) atoms. The molecular formula is C7H14KLiO4. The molecule has 0 amide bonds. The molecule has 0 unspecified atom stereocenters. The number of carboxylic acid groups (broad SMARTS) is 1. The van der Waals surface area contributed by atoms with Gasteiger partial charge in [-0.3, -0.25) is 9.59 Å². The van der Waals surface area contributed by atoms with Crippen LogP contribution in [0.15, 0.2) is 0 Å². The summed E-state index contributed by atoms with van der Waals surface area (Å²) in [6, 6.07) is 0. The summed E-state index contributed by atoms with van der Waals surface area (Å²) in [6.07, 6.45) is -0.572. The zero-order valence-corrected chi connectivity index (χ0v) is 12.0. The fraction of sp³-hybridized carbons (Fsp3) is 0.714. The molecular weight excluding hydrogens is 194 g/mol. The van der Waals surface area contributed by atoms with Crippen LogP contribution in [0.2, 0.25) is 0 Å². The summed E-state index contributed by atoms with van der Waals surface area (Å²) in [4.78, 5) is 20.7. The molecule has 0 rings (SSSR count). The van der Waals surface area contributed by atoms with Gasteiger partial charge in [-0.05, 0) is 20.8 Å². The smallest absolute Gasteiger partial charge is 1.00 e. The van der Waals surface area contributed by atoms with E-state index in [0.717, 1.165) is 0 Å². The van der Waals surface area contributed by atoms with Crippen LogP contribution in [0.3, 0.4) is 0 Å². The van der Waals surface area contributed by atoms with Gasteiger partial charge in [-0.25, -0.2) is 0 Å². The Kier molecular flexibility index (Phi) is 12.9. The van der Waals surface area contributed by atoms with Crippen LogP contribution in [0.25, 0.3) is 0 Å². The second-order valence-electron chi connectivity index (χ2n) is 3.16. The molecule has 0 fully saturated rings. The Morgan fingerprint density at radius 3 is 2.00 bits per heavy atom. The molecule has 0 atom stereocenters. The van der Waals surface area contributed by atoms with Crippen LogP contribution in [0.5, 0.6) is 0 Å². The molecule has 0 heterocycles. The van der Waals surface area contributed by atoms with Crippen LogP contribution in [-0.2, 0) is 14.3 Å². The molecule has 0 aromatic heterocycles. The monoisotopic (exact) mass is 208 g/mol. The Morgan fingerprint density at radius 1 is 1.38 bits per heavy atom. The normalized spacial score (nSPS) is 9.15. The number of carbonyl (C=O) groups excluding carboxylic acids is 1. The molecule has 0 aromatic carbocycles. The average Bonchev–Trinajstić information content (AvgIpc) is 1.53. The Morgan fingerprint density at radius 2 is 1.77 bits per heavy atom. The van der Waals surface area contributed by atoms with Crippen LogP contribution in [0.1, 0.15) is 30.0 Å². The van der Waals surface area contributed by atoms with Crippen molar-refractivity contribution in [2.24, 2.45) is 0 Å². The van der Waals surface area contributed by atoms with Crippen molar-refractivity contribution < 1.29 is 92.5 Å². The number of rotatable bonds is 2. The summed E-state index contributed by atoms with van der Waals surface area (Å²) in [6.45, 7) is 5.06. The second-order valence-corrected chi connectivity index (χ2v) is 3.16. The Balaban J connectivity index is -0.0000000833. The maximum absolute atomic E-state index is 10.7. The Bertz CT molecular complexity index is 184. The number of hydrogen-bond donors (Lipinski definition) is 1. The molecule has 0 saturated heterocycles. The van der Waals surface area contributed by atoms with Gasteiger partial charge >= 0.3 is 82.2 Å². The van der Waals surface area contributed by atoms with Crippen molar-refractivity contribution in [3.8, 4) is 0 Å². The second kappa shape index (κ2) is 8.48. The SMILES string of the molecule is CC(C)(C)OC(=O)CC(=O)O.[H-].[H-].[K+].[Li+]. The van der Waals surface area contributed by atoms with E-state index < -0.39 is 24.0 Å². The van der Waals surface area contributed by atoms with Crippen molar-refractivity contribution in [3.05, 3.63) is 0 Å². The van der Waals surface area contributed by atoms with E-state index in [1.807, 2.05) is 0 Å². The number of carboxylic acids is 1. The van der Waals surface area contributed by atoms with Gasteiger partial charge in [0.05, 0.1) is 0 Å². The molecule has 0 aliphatic heterocycles. The fourth-order valence-corrected chi connectivity index (χ4v) is 0.501. The molecule has 68 valence electrons. The molecule has 0 aliphatic rings. The topological polar surface area (TPSA) is 63.6 Å². The van der Waals surface area contributed by atoms with E-state index in [0.29, 0.717) is 0 Å². The molecule has 0 radical (unpaired) electrons. The Labute approximate surface area is 135 Å². The van der Waals surface area contributed by atoms with Crippen molar-refractivity contribution in [2.45, 2.75) is 32.8 Å². The largest absolute Gasteiger partial charge is 1.00 e. The maximum atomic E-state index is 10.7. The third-order valence-corrected chi connectivity index (χ3v) is 0.716. The predicted molar refractivity (Wildman–Crippen MR) is 40.3 cm³/mol. The van der Waals surface area contributed by atoms with E-state index in [9.17, 15) is 9.59 Å². The van der Waals surface area contributed by atoms with Crippen molar-refractivity contribution in [1.82, 2.24) is 0 Å². The van der Waals surface area contributed by atoms with Crippen molar-refractivity contribution in [2.75, 3.05) is 0 Å². The van der Waals surface area contributed by atoms with Crippen LogP contribution >= 0.6 is 0 Å². The van der Waals surface area contributed by atoms with Crippen LogP contribution < -0.4 is 70.2 Å². The summed E-state index contributed by atoms with van der Waals surface area (Å²) >= 11 is 0. The number of esters is 1. The summed E-state index contributed by atoms with van der Waals surface area (Å²) in [5.41, 5.74) is -0.605. The first kappa shape index (κ1) is 19.7. The molecule has 0 spiro atoms. The van der Waals surface area contributed by atoms with E-state index in [-0.39, 0.29) is 73.1 Å². The van der Waals surface area contributed by atoms with Gasteiger partial charge < -0.3 is 12.7 Å². The van der Waals surface area contributed by atoms with E-state index in [1.54, 1.807) is 20.8 Å². The van der Waals surface area contributed by atoms with E-state index in [4.69, 9.17) is 9.84 Å². The van der Waals surface area contributed by atoms with E-state index >= 15 is 0 Å².